The van der Waals surface area contributed by atoms with Crippen molar-refractivity contribution in [1.82, 2.24) is 0 Å². The molecule has 0 aromatic carbocycles. The Morgan fingerprint density at radius 3 is 2.22 bits per heavy atom. The third kappa shape index (κ3) is 7.23. The number of hydrogen-bond donors (Lipinski definition) is 0. The first-order valence-electron chi connectivity index (χ1n) is 2.78. The Morgan fingerprint density at radius 2 is 1.89 bits per heavy atom. The first-order chi connectivity index (χ1) is 4.06. The Hall–Kier alpha value is -0.773. The van der Waals surface area contributed by atoms with Gasteiger partial charge in [0.05, 0.1) is 6.08 Å². The molecule has 0 saturated carbocycles. The molecule has 0 amide bonds. The predicted molar refractivity (Wildman–Crippen MR) is 41.4 cm³/mol. The summed E-state index contributed by atoms with van der Waals surface area (Å²) in [5.41, 5.74) is 2.99. The van der Waals surface area contributed by atoms with Crippen molar-refractivity contribution in [2.24, 2.45) is 0 Å². The second kappa shape index (κ2) is 3.29. The van der Waals surface area contributed by atoms with Crippen LogP contribution in [0.5, 0.6) is 0 Å². The van der Waals surface area contributed by atoms with E-state index in [1.807, 2.05) is 0 Å². The third-order valence-electron chi connectivity index (χ3n) is 0.578. The summed E-state index contributed by atoms with van der Waals surface area (Å²) in [7, 11) is -1.27. The summed E-state index contributed by atoms with van der Waals surface area (Å²) in [6.45, 7) is 6.37. The fourth-order valence-corrected chi connectivity index (χ4v) is 0.787. The maximum absolute atomic E-state index is 9.62. The van der Waals surface area contributed by atoms with Crippen molar-refractivity contribution in [1.29, 1.82) is 0 Å². The van der Waals surface area contributed by atoms with Crippen molar-refractivity contribution in [2.45, 2.75) is 19.6 Å². The maximum Gasteiger partial charge on any atom is 0.133 e. The van der Waals surface area contributed by atoms with Crippen molar-refractivity contribution >= 4 is 14.0 Å². The Labute approximate surface area is 56.8 Å². The second-order valence-electron chi connectivity index (χ2n) is 2.78. The lowest BCUT2D eigenvalue weighted by molar-refractivity contribution is 0.569. The maximum atomic E-state index is 9.62. The molecule has 0 bridgehead atoms. The van der Waals surface area contributed by atoms with Gasteiger partial charge in [-0.05, 0) is 0 Å². The zero-order valence-corrected chi connectivity index (χ0v) is 6.99. The summed E-state index contributed by atoms with van der Waals surface area (Å²) < 4.78 is 0. The van der Waals surface area contributed by atoms with Crippen LogP contribution in [-0.2, 0) is 4.79 Å². The zero-order valence-electron chi connectivity index (χ0n) is 5.99. The van der Waals surface area contributed by atoms with Crippen molar-refractivity contribution < 1.29 is 4.79 Å². The van der Waals surface area contributed by atoms with Gasteiger partial charge in [0, 0.05) is 0 Å². The van der Waals surface area contributed by atoms with Crippen LogP contribution in [0.15, 0.2) is 6.08 Å². The smallest absolute Gasteiger partial charge is 0.133 e. The minimum atomic E-state index is -1.27. The first kappa shape index (κ1) is 8.23. The molecule has 0 atom stereocenters. The average Bonchev–Trinajstić information content (AvgIpc) is 1.63. The molecule has 0 aliphatic heterocycles. The molecule has 0 aromatic heterocycles. The summed E-state index contributed by atoms with van der Waals surface area (Å²) in [6, 6.07) is 0. The van der Waals surface area contributed by atoms with Gasteiger partial charge in [0.1, 0.15) is 14.0 Å². The lowest BCUT2D eigenvalue weighted by Gasteiger charge is -2.01. The molecule has 2 heteroatoms. The van der Waals surface area contributed by atoms with Gasteiger partial charge in [-0.25, -0.2) is 4.79 Å². The Balaban J connectivity index is 4.03. The molecule has 0 heterocycles. The minimum absolute atomic E-state index is 1.22. The highest BCUT2D eigenvalue weighted by atomic mass is 28.3. The lowest BCUT2D eigenvalue weighted by Crippen LogP contribution is -2.16. The molecule has 48 valence electrons. The fourth-order valence-electron chi connectivity index (χ4n) is 0.282. The molecule has 1 nitrogen and oxygen atoms in total. The molecule has 0 aromatic rings. The molecule has 0 spiro atoms. The molecule has 9 heavy (non-hydrogen) atoms. The molecule has 0 aliphatic rings. The molecule has 0 rings (SSSR count). The van der Waals surface area contributed by atoms with E-state index >= 15 is 0 Å². The second-order valence-corrected chi connectivity index (χ2v) is 7.53. The number of rotatable bonds is 0. The van der Waals surface area contributed by atoms with E-state index in [9.17, 15) is 4.79 Å². The molecule has 0 saturated heterocycles. The largest absolute Gasteiger partial charge is 0.233 e. The molecule has 0 N–H and O–H groups in total. The molecule has 0 fully saturated rings. The van der Waals surface area contributed by atoms with Crippen LogP contribution >= 0.6 is 0 Å². The van der Waals surface area contributed by atoms with Gasteiger partial charge in [-0.15, -0.1) is 5.54 Å². The Morgan fingerprint density at radius 1 is 1.33 bits per heavy atom. The van der Waals surface area contributed by atoms with Gasteiger partial charge in [-0.1, -0.05) is 25.6 Å². The van der Waals surface area contributed by atoms with Gasteiger partial charge in [-0.3, -0.25) is 0 Å². The van der Waals surface area contributed by atoms with Gasteiger partial charge in [0.2, 0.25) is 0 Å². The lowest BCUT2D eigenvalue weighted by atomic mass is 10.7. The summed E-state index contributed by atoms with van der Waals surface area (Å²) >= 11 is 0. The summed E-state index contributed by atoms with van der Waals surface area (Å²) in [5, 5.41) is 0. The summed E-state index contributed by atoms with van der Waals surface area (Å²) in [4.78, 5) is 9.62. The molecule has 0 aliphatic carbocycles. The van der Waals surface area contributed by atoms with E-state index in [2.05, 4.69) is 31.1 Å². The van der Waals surface area contributed by atoms with Gasteiger partial charge in [-0.2, -0.15) is 0 Å². The van der Waals surface area contributed by atoms with E-state index in [4.69, 9.17) is 0 Å². The molecular formula is C7H10OSi. The van der Waals surface area contributed by atoms with Crippen LogP contribution in [0.2, 0.25) is 19.6 Å². The van der Waals surface area contributed by atoms with Crippen LogP contribution in [-0.4, -0.2) is 14.0 Å². The van der Waals surface area contributed by atoms with Crippen LogP contribution in [0.4, 0.5) is 0 Å². The highest BCUT2D eigenvalue weighted by Gasteiger charge is 2.06. The van der Waals surface area contributed by atoms with E-state index in [1.165, 1.54) is 6.08 Å². The van der Waals surface area contributed by atoms with Crippen LogP contribution in [0.1, 0.15) is 0 Å². The number of allylic oxidation sites excluding steroid dienone is 1. The van der Waals surface area contributed by atoms with E-state index in [0.717, 1.165) is 0 Å². The quantitative estimate of drug-likeness (QED) is 0.280. The molecular weight excluding hydrogens is 128 g/mol. The highest BCUT2D eigenvalue weighted by molar-refractivity contribution is 6.83. The normalized spacial score (nSPS) is 8.78. The van der Waals surface area contributed by atoms with Gasteiger partial charge in [0.25, 0.3) is 0 Å². The fraction of sp³-hybridized carbons (Fsp3) is 0.429. The number of carbonyl (C=O) groups excluding carboxylic acids is 1. The minimum Gasteiger partial charge on any atom is -0.233 e. The standard InChI is InChI=1S/C7H10OSi/c1-9(2,3)7-5-4-6-8/h4H,1-3H3. The van der Waals surface area contributed by atoms with Crippen LogP contribution < -0.4 is 0 Å². The highest BCUT2D eigenvalue weighted by Crippen LogP contribution is 1.95. The first-order valence-corrected chi connectivity index (χ1v) is 6.28. The molecule has 0 unspecified atom stereocenters. The Bertz CT molecular complexity index is 183. The van der Waals surface area contributed by atoms with Crippen molar-refractivity contribution in [2.75, 3.05) is 0 Å². The van der Waals surface area contributed by atoms with E-state index in [-0.39, 0.29) is 0 Å². The third-order valence-corrected chi connectivity index (χ3v) is 1.47. The van der Waals surface area contributed by atoms with Crippen LogP contribution in [0.3, 0.4) is 0 Å². The van der Waals surface area contributed by atoms with Crippen molar-refractivity contribution in [3.8, 4) is 11.5 Å². The Kier molecular flexibility index (Phi) is 3.01. The number of hydrogen-bond acceptors (Lipinski definition) is 1. The average molecular weight is 138 g/mol. The van der Waals surface area contributed by atoms with E-state index in [1.54, 1.807) is 5.94 Å². The van der Waals surface area contributed by atoms with Crippen LogP contribution in [0.25, 0.3) is 0 Å². The van der Waals surface area contributed by atoms with Crippen LogP contribution in [0, 0.1) is 11.5 Å². The summed E-state index contributed by atoms with van der Waals surface area (Å²) in [5.74, 6) is 4.25. The van der Waals surface area contributed by atoms with Gasteiger partial charge < -0.3 is 0 Å². The monoisotopic (exact) mass is 138 g/mol. The van der Waals surface area contributed by atoms with E-state index in [0.29, 0.717) is 0 Å². The molecule has 0 radical (unpaired) electrons. The van der Waals surface area contributed by atoms with Crippen molar-refractivity contribution in [3.05, 3.63) is 6.08 Å². The zero-order chi connectivity index (χ0) is 7.33. The van der Waals surface area contributed by atoms with E-state index < -0.39 is 8.07 Å². The summed E-state index contributed by atoms with van der Waals surface area (Å²) in [6.07, 6.45) is 1.22. The topological polar surface area (TPSA) is 17.1 Å². The van der Waals surface area contributed by atoms with Gasteiger partial charge in [0.15, 0.2) is 0 Å². The van der Waals surface area contributed by atoms with Crippen molar-refractivity contribution in [3.63, 3.8) is 0 Å². The SMILES string of the molecule is C[Si](C)(C)C#CC=C=O. The van der Waals surface area contributed by atoms with Gasteiger partial charge >= 0.3 is 0 Å². The predicted octanol–water partition coefficient (Wildman–Crippen LogP) is 1.25.